The summed E-state index contributed by atoms with van der Waals surface area (Å²) in [5.74, 6) is -4.37. The Morgan fingerprint density at radius 3 is 1.87 bits per heavy atom. The lowest BCUT2D eigenvalue weighted by atomic mass is 10.1. The highest BCUT2D eigenvalue weighted by atomic mass is 19.4. The number of hydrogen-bond acceptors (Lipinski definition) is 5. The van der Waals surface area contributed by atoms with Crippen LogP contribution < -0.4 is 15.1 Å². The first-order chi connectivity index (χ1) is 18.0. The Hall–Kier alpha value is -4.61. The third-order valence-corrected chi connectivity index (χ3v) is 5.58. The maximum atomic E-state index is 13.2. The molecule has 1 aliphatic heterocycles. The molecule has 12 heteroatoms. The lowest BCUT2D eigenvalue weighted by Gasteiger charge is -2.38. The van der Waals surface area contributed by atoms with Gasteiger partial charge < -0.3 is 25.3 Å². The highest BCUT2D eigenvalue weighted by molar-refractivity contribution is 6.05. The number of carboxylic acids is 2. The summed E-state index contributed by atoms with van der Waals surface area (Å²) >= 11 is 0. The fourth-order valence-corrected chi connectivity index (χ4v) is 3.71. The lowest BCUT2D eigenvalue weighted by molar-refractivity contribution is -0.192. The lowest BCUT2D eigenvalue weighted by Crippen LogP contribution is -2.47. The molecule has 3 aromatic carbocycles. The second-order valence-electron chi connectivity index (χ2n) is 8.11. The molecule has 0 spiro atoms. The molecule has 0 radical (unpaired) electrons. The van der Waals surface area contributed by atoms with Gasteiger partial charge in [0.05, 0.1) is 11.3 Å². The molecule has 8 nitrogen and oxygen atoms in total. The molecule has 1 saturated heterocycles. The fraction of sp³-hybridized carbons (Fsp3) is 0.192. The number of amides is 1. The summed E-state index contributed by atoms with van der Waals surface area (Å²) in [5, 5.41) is 19.6. The molecular formula is C26H23F4N3O5. The van der Waals surface area contributed by atoms with E-state index in [2.05, 4.69) is 10.2 Å². The van der Waals surface area contributed by atoms with Crippen LogP contribution in [-0.2, 0) is 4.79 Å². The molecule has 38 heavy (non-hydrogen) atoms. The van der Waals surface area contributed by atoms with E-state index in [0.717, 1.165) is 5.69 Å². The van der Waals surface area contributed by atoms with E-state index in [9.17, 15) is 32.3 Å². The van der Waals surface area contributed by atoms with Crippen LogP contribution in [0, 0.1) is 5.82 Å². The van der Waals surface area contributed by atoms with Gasteiger partial charge in [0, 0.05) is 43.1 Å². The van der Waals surface area contributed by atoms with Crippen LogP contribution in [-0.4, -0.2) is 60.4 Å². The summed E-state index contributed by atoms with van der Waals surface area (Å²) in [7, 11) is 0. The molecule has 0 atom stereocenters. The van der Waals surface area contributed by atoms with Crippen LogP contribution in [0.25, 0.3) is 0 Å². The number of halogens is 4. The van der Waals surface area contributed by atoms with Crippen molar-refractivity contribution in [1.82, 2.24) is 0 Å². The van der Waals surface area contributed by atoms with Gasteiger partial charge in [0.2, 0.25) is 0 Å². The minimum absolute atomic E-state index is 0.140. The van der Waals surface area contributed by atoms with E-state index in [0.29, 0.717) is 43.1 Å². The Labute approximate surface area is 214 Å². The number of hydrogen-bond donors (Lipinski definition) is 3. The Balaban J connectivity index is 0.000000505. The van der Waals surface area contributed by atoms with Crippen LogP contribution in [0.5, 0.6) is 0 Å². The van der Waals surface area contributed by atoms with Gasteiger partial charge in [-0.05, 0) is 54.6 Å². The molecule has 1 heterocycles. The minimum Gasteiger partial charge on any atom is -0.478 e. The zero-order valence-corrected chi connectivity index (χ0v) is 19.8. The van der Waals surface area contributed by atoms with E-state index in [4.69, 9.17) is 9.90 Å². The number of piperazine rings is 1. The summed E-state index contributed by atoms with van der Waals surface area (Å²) in [6, 6.07) is 20.1. The van der Waals surface area contributed by atoms with Crippen molar-refractivity contribution in [1.29, 1.82) is 0 Å². The van der Waals surface area contributed by atoms with E-state index in [1.807, 2.05) is 11.0 Å². The van der Waals surface area contributed by atoms with Crippen molar-refractivity contribution in [2.45, 2.75) is 6.18 Å². The molecule has 0 unspecified atom stereocenters. The van der Waals surface area contributed by atoms with Gasteiger partial charge in [-0.1, -0.05) is 18.2 Å². The predicted octanol–water partition coefficient (Wildman–Crippen LogP) is 4.74. The van der Waals surface area contributed by atoms with Crippen molar-refractivity contribution in [3.8, 4) is 0 Å². The Morgan fingerprint density at radius 2 is 1.34 bits per heavy atom. The van der Waals surface area contributed by atoms with Crippen LogP contribution in [0.15, 0.2) is 72.8 Å². The van der Waals surface area contributed by atoms with Gasteiger partial charge in [-0.15, -0.1) is 0 Å². The normalized spacial score (nSPS) is 13.3. The fourth-order valence-electron chi connectivity index (χ4n) is 3.71. The Kier molecular flexibility index (Phi) is 8.89. The van der Waals surface area contributed by atoms with Crippen molar-refractivity contribution in [2.75, 3.05) is 41.3 Å². The second-order valence-corrected chi connectivity index (χ2v) is 8.11. The molecule has 3 N–H and O–H groups in total. The molecule has 0 saturated carbocycles. The number of carbonyl (C=O) groups is 3. The number of anilines is 3. The first-order valence-corrected chi connectivity index (χ1v) is 11.2. The smallest absolute Gasteiger partial charge is 0.478 e. The zero-order chi connectivity index (χ0) is 27.9. The SMILES string of the molecule is O=C(Nc1ccc(N2CCN(c3ccc(F)cc3)CC2)c(C(=O)O)c1)c1ccccc1.O=C(O)C(F)(F)F. The minimum atomic E-state index is -5.08. The van der Waals surface area contributed by atoms with Gasteiger partial charge in [0.15, 0.2) is 0 Å². The summed E-state index contributed by atoms with van der Waals surface area (Å²) in [6.07, 6.45) is -5.08. The zero-order valence-electron chi connectivity index (χ0n) is 19.8. The van der Waals surface area contributed by atoms with Crippen LogP contribution in [0.1, 0.15) is 20.7 Å². The van der Waals surface area contributed by atoms with E-state index < -0.39 is 18.1 Å². The highest BCUT2D eigenvalue weighted by Crippen LogP contribution is 2.27. The summed E-state index contributed by atoms with van der Waals surface area (Å²) < 4.78 is 44.9. The largest absolute Gasteiger partial charge is 0.490 e. The average molecular weight is 533 g/mol. The molecule has 4 rings (SSSR count). The number of aromatic carboxylic acids is 1. The molecule has 3 aromatic rings. The standard InChI is InChI=1S/C24H22FN3O3.C2HF3O2/c25-18-6-9-20(10-7-18)27-12-14-28(15-13-27)22-11-8-19(16-21(22)24(30)31)26-23(29)17-4-2-1-3-5-17;3-2(4,5)1(6)7/h1-11,16H,12-15H2,(H,26,29)(H,30,31);(H,6,7). The van der Waals surface area contributed by atoms with Gasteiger partial charge in [-0.25, -0.2) is 14.0 Å². The maximum absolute atomic E-state index is 13.2. The van der Waals surface area contributed by atoms with E-state index in [-0.39, 0.29) is 17.3 Å². The number of alkyl halides is 3. The van der Waals surface area contributed by atoms with Crippen LogP contribution in [0.4, 0.5) is 34.6 Å². The summed E-state index contributed by atoms with van der Waals surface area (Å²) in [4.78, 5) is 37.3. The number of benzene rings is 3. The van der Waals surface area contributed by atoms with Crippen LogP contribution in [0.2, 0.25) is 0 Å². The third-order valence-electron chi connectivity index (χ3n) is 5.58. The topological polar surface area (TPSA) is 110 Å². The van der Waals surface area contributed by atoms with Gasteiger partial charge in [-0.3, -0.25) is 4.79 Å². The predicted molar refractivity (Wildman–Crippen MR) is 132 cm³/mol. The molecule has 0 bridgehead atoms. The molecule has 0 aromatic heterocycles. The monoisotopic (exact) mass is 533 g/mol. The number of nitrogens with one attached hydrogen (secondary N) is 1. The quantitative estimate of drug-likeness (QED) is 0.407. The second kappa shape index (κ2) is 12.1. The van der Waals surface area contributed by atoms with E-state index in [1.54, 1.807) is 48.5 Å². The van der Waals surface area contributed by atoms with Crippen molar-refractivity contribution in [3.63, 3.8) is 0 Å². The molecule has 0 aliphatic carbocycles. The molecule has 1 aliphatic rings. The number of nitrogens with zero attached hydrogens (tertiary/aromatic N) is 2. The average Bonchev–Trinajstić information content (AvgIpc) is 2.89. The summed E-state index contributed by atoms with van der Waals surface area (Å²) in [6.45, 7) is 2.65. The Morgan fingerprint density at radius 1 is 0.789 bits per heavy atom. The van der Waals surface area contributed by atoms with E-state index in [1.165, 1.54) is 18.2 Å². The molecule has 200 valence electrons. The van der Waals surface area contributed by atoms with Gasteiger partial charge in [0.25, 0.3) is 5.91 Å². The van der Waals surface area contributed by atoms with Gasteiger partial charge in [-0.2, -0.15) is 13.2 Å². The molecular weight excluding hydrogens is 510 g/mol. The van der Waals surface area contributed by atoms with Gasteiger partial charge in [0.1, 0.15) is 5.82 Å². The Bertz CT molecular complexity index is 1280. The summed E-state index contributed by atoms with van der Waals surface area (Å²) in [5.41, 5.74) is 2.63. The number of rotatable bonds is 5. The van der Waals surface area contributed by atoms with Crippen molar-refractivity contribution in [2.24, 2.45) is 0 Å². The number of carboxylic acid groups (broad SMARTS) is 2. The first kappa shape index (κ1) is 28.0. The van der Waals surface area contributed by atoms with E-state index >= 15 is 0 Å². The van der Waals surface area contributed by atoms with Crippen LogP contribution >= 0.6 is 0 Å². The van der Waals surface area contributed by atoms with Crippen molar-refractivity contribution < 1.29 is 42.2 Å². The van der Waals surface area contributed by atoms with Gasteiger partial charge >= 0.3 is 18.1 Å². The highest BCUT2D eigenvalue weighted by Gasteiger charge is 2.38. The molecule has 1 fully saturated rings. The van der Waals surface area contributed by atoms with Crippen LogP contribution in [0.3, 0.4) is 0 Å². The first-order valence-electron chi connectivity index (χ1n) is 11.2. The third kappa shape index (κ3) is 7.45. The maximum Gasteiger partial charge on any atom is 0.490 e. The number of aliphatic carboxylic acids is 1. The number of carbonyl (C=O) groups excluding carboxylic acids is 1. The van der Waals surface area contributed by atoms with Crippen molar-refractivity contribution >= 4 is 34.9 Å². The van der Waals surface area contributed by atoms with Crippen molar-refractivity contribution in [3.05, 3.63) is 89.7 Å². The molecule has 1 amide bonds.